The smallest absolute Gasteiger partial charge is 0.182 e. The number of halogens is 2. The van der Waals surface area contributed by atoms with Crippen molar-refractivity contribution in [1.82, 2.24) is 10.3 Å². The molecule has 2 rings (SSSR count). The molecule has 0 aliphatic rings. The summed E-state index contributed by atoms with van der Waals surface area (Å²) < 4.78 is 5.66. The van der Waals surface area contributed by atoms with E-state index < -0.39 is 0 Å². The molecular formula is C19H20Cl2N4O. The fraction of sp³-hybridized carbons (Fsp3) is 0.316. The summed E-state index contributed by atoms with van der Waals surface area (Å²) in [5.74, 6) is 1.17. The molecule has 0 radical (unpaired) electrons. The molecule has 1 N–H and O–H groups in total. The Balaban J connectivity index is 1.65. The van der Waals surface area contributed by atoms with Crippen LogP contribution in [-0.4, -0.2) is 24.0 Å². The Labute approximate surface area is 163 Å². The lowest BCUT2D eigenvalue weighted by atomic mass is 10.2. The van der Waals surface area contributed by atoms with Gasteiger partial charge in [0.25, 0.3) is 0 Å². The summed E-state index contributed by atoms with van der Waals surface area (Å²) in [6.45, 7) is 1.25. The van der Waals surface area contributed by atoms with Gasteiger partial charge in [0.05, 0.1) is 11.6 Å². The van der Waals surface area contributed by atoms with Crippen molar-refractivity contribution in [3.63, 3.8) is 0 Å². The van der Waals surface area contributed by atoms with E-state index in [-0.39, 0.29) is 0 Å². The highest BCUT2D eigenvalue weighted by molar-refractivity contribution is 6.42. The minimum Gasteiger partial charge on any atom is -0.492 e. The van der Waals surface area contributed by atoms with E-state index in [1.807, 2.05) is 30.5 Å². The van der Waals surface area contributed by atoms with E-state index >= 15 is 0 Å². The highest BCUT2D eigenvalue weighted by Crippen LogP contribution is 2.31. The van der Waals surface area contributed by atoms with Gasteiger partial charge in [0.1, 0.15) is 16.6 Å². The van der Waals surface area contributed by atoms with Gasteiger partial charge in [-0.2, -0.15) is 5.26 Å². The SMILES string of the molecule is N#CNC(=NCCCCCCOc1cccc(Cl)c1Cl)c1cccnc1. The fourth-order valence-electron chi connectivity index (χ4n) is 2.29. The van der Waals surface area contributed by atoms with E-state index in [9.17, 15) is 0 Å². The molecule has 0 saturated heterocycles. The van der Waals surface area contributed by atoms with E-state index in [1.165, 1.54) is 0 Å². The molecule has 0 spiro atoms. The zero-order chi connectivity index (χ0) is 18.6. The lowest BCUT2D eigenvalue weighted by molar-refractivity contribution is 0.305. The maximum absolute atomic E-state index is 8.83. The standard InChI is InChI=1S/C19H20Cl2N4O/c20-16-8-5-9-17(18(16)21)26-12-4-2-1-3-11-24-19(25-14-22)15-7-6-10-23-13-15/h5-10,13H,1-4,11-12H2,(H,24,25). The minimum absolute atomic E-state index is 0.455. The van der Waals surface area contributed by atoms with Crippen molar-refractivity contribution in [2.24, 2.45) is 4.99 Å². The van der Waals surface area contributed by atoms with E-state index in [0.29, 0.717) is 34.8 Å². The van der Waals surface area contributed by atoms with Gasteiger partial charge in [-0.25, -0.2) is 0 Å². The molecule has 2 aromatic rings. The lowest BCUT2D eigenvalue weighted by Gasteiger charge is -2.08. The summed E-state index contributed by atoms with van der Waals surface area (Å²) in [5.41, 5.74) is 0.806. The van der Waals surface area contributed by atoms with Gasteiger partial charge in [-0.1, -0.05) is 35.7 Å². The van der Waals surface area contributed by atoms with Crippen LogP contribution in [0.3, 0.4) is 0 Å². The molecule has 1 heterocycles. The molecule has 0 bridgehead atoms. The molecule has 26 heavy (non-hydrogen) atoms. The predicted molar refractivity (Wildman–Crippen MR) is 105 cm³/mol. The molecule has 0 amide bonds. The van der Waals surface area contributed by atoms with Crippen LogP contribution in [0.4, 0.5) is 0 Å². The zero-order valence-corrected chi connectivity index (χ0v) is 15.8. The maximum atomic E-state index is 8.83. The number of hydrogen-bond acceptors (Lipinski definition) is 4. The first kappa shape index (κ1) is 20.0. The molecule has 0 unspecified atom stereocenters. The van der Waals surface area contributed by atoms with Crippen molar-refractivity contribution in [1.29, 1.82) is 5.26 Å². The summed E-state index contributed by atoms with van der Waals surface area (Å²) >= 11 is 12.0. The molecule has 0 saturated carbocycles. The molecular weight excluding hydrogens is 371 g/mol. The largest absolute Gasteiger partial charge is 0.492 e. The number of ether oxygens (including phenoxy) is 1. The highest BCUT2D eigenvalue weighted by atomic mass is 35.5. The van der Waals surface area contributed by atoms with Gasteiger partial charge < -0.3 is 4.74 Å². The van der Waals surface area contributed by atoms with Gasteiger partial charge in [0, 0.05) is 24.5 Å². The Morgan fingerprint density at radius 2 is 2.00 bits per heavy atom. The van der Waals surface area contributed by atoms with Gasteiger partial charge in [0.15, 0.2) is 6.19 Å². The Bertz CT molecular complexity index is 760. The number of rotatable bonds is 9. The van der Waals surface area contributed by atoms with E-state index in [2.05, 4.69) is 15.3 Å². The van der Waals surface area contributed by atoms with Crippen LogP contribution in [0, 0.1) is 11.5 Å². The number of nitrogens with one attached hydrogen (secondary N) is 1. The van der Waals surface area contributed by atoms with E-state index in [4.69, 9.17) is 33.2 Å². The van der Waals surface area contributed by atoms with Gasteiger partial charge in [0.2, 0.25) is 0 Å². The van der Waals surface area contributed by atoms with E-state index in [1.54, 1.807) is 18.5 Å². The quantitative estimate of drug-likeness (QED) is 0.218. The summed E-state index contributed by atoms with van der Waals surface area (Å²) in [5, 5.41) is 12.4. The van der Waals surface area contributed by atoms with Gasteiger partial charge in [-0.15, -0.1) is 0 Å². The molecule has 0 aliphatic carbocycles. The predicted octanol–water partition coefficient (Wildman–Crippen LogP) is 4.85. The van der Waals surface area contributed by atoms with Crippen LogP contribution in [0.5, 0.6) is 5.75 Å². The number of aromatic nitrogens is 1. The number of nitriles is 1. The van der Waals surface area contributed by atoms with Gasteiger partial charge in [-0.05, 0) is 43.5 Å². The molecule has 0 fully saturated rings. The van der Waals surface area contributed by atoms with Gasteiger partial charge >= 0.3 is 0 Å². The Morgan fingerprint density at radius 1 is 1.15 bits per heavy atom. The summed E-state index contributed by atoms with van der Waals surface area (Å²) in [6, 6.07) is 9.05. The second-order valence-corrected chi connectivity index (χ2v) is 6.31. The Kier molecular flexibility index (Phi) is 8.74. The molecule has 136 valence electrons. The van der Waals surface area contributed by atoms with Crippen molar-refractivity contribution in [3.05, 3.63) is 58.3 Å². The van der Waals surface area contributed by atoms with E-state index in [0.717, 1.165) is 31.2 Å². The fourth-order valence-corrected chi connectivity index (χ4v) is 2.64. The first-order chi connectivity index (χ1) is 12.7. The average Bonchev–Trinajstić information content (AvgIpc) is 2.67. The first-order valence-corrected chi connectivity index (χ1v) is 9.14. The van der Waals surface area contributed by atoms with Crippen molar-refractivity contribution in [2.75, 3.05) is 13.2 Å². The van der Waals surface area contributed by atoms with Crippen molar-refractivity contribution >= 4 is 29.0 Å². The number of aliphatic imine (C=N–C) groups is 1. The van der Waals surface area contributed by atoms with Crippen LogP contribution in [-0.2, 0) is 0 Å². The molecule has 0 aliphatic heterocycles. The second kappa shape index (κ2) is 11.3. The lowest BCUT2D eigenvalue weighted by Crippen LogP contribution is -2.19. The third-order valence-corrected chi connectivity index (χ3v) is 4.41. The molecule has 5 nitrogen and oxygen atoms in total. The summed E-state index contributed by atoms with van der Waals surface area (Å²) in [7, 11) is 0. The van der Waals surface area contributed by atoms with Crippen LogP contribution in [0.25, 0.3) is 0 Å². The number of amidine groups is 1. The van der Waals surface area contributed by atoms with Crippen LogP contribution < -0.4 is 10.1 Å². The highest BCUT2D eigenvalue weighted by Gasteiger charge is 2.05. The number of unbranched alkanes of at least 4 members (excludes halogenated alkanes) is 3. The monoisotopic (exact) mass is 390 g/mol. The Morgan fingerprint density at radius 3 is 2.77 bits per heavy atom. The third-order valence-electron chi connectivity index (χ3n) is 3.61. The summed E-state index contributed by atoms with van der Waals surface area (Å²) in [4.78, 5) is 8.49. The molecule has 0 atom stereocenters. The topological polar surface area (TPSA) is 70.3 Å². The van der Waals surface area contributed by atoms with Crippen LogP contribution >= 0.6 is 23.2 Å². The van der Waals surface area contributed by atoms with Crippen molar-refractivity contribution in [2.45, 2.75) is 25.7 Å². The Hall–Kier alpha value is -2.29. The van der Waals surface area contributed by atoms with Crippen molar-refractivity contribution in [3.8, 4) is 11.9 Å². The second-order valence-electron chi connectivity index (χ2n) is 5.52. The molecule has 1 aromatic heterocycles. The van der Waals surface area contributed by atoms with Crippen LogP contribution in [0.2, 0.25) is 10.0 Å². The third kappa shape index (κ3) is 6.55. The number of benzene rings is 1. The number of hydrogen-bond donors (Lipinski definition) is 1. The molecule has 7 heteroatoms. The average molecular weight is 391 g/mol. The number of pyridine rings is 1. The van der Waals surface area contributed by atoms with Crippen LogP contribution in [0.1, 0.15) is 31.2 Å². The van der Waals surface area contributed by atoms with Crippen molar-refractivity contribution < 1.29 is 4.74 Å². The maximum Gasteiger partial charge on any atom is 0.182 e. The zero-order valence-electron chi connectivity index (χ0n) is 14.3. The minimum atomic E-state index is 0.455. The van der Waals surface area contributed by atoms with Gasteiger partial charge in [-0.3, -0.25) is 15.3 Å². The normalized spacial score (nSPS) is 11.0. The number of nitrogens with zero attached hydrogens (tertiary/aromatic N) is 3. The van der Waals surface area contributed by atoms with Crippen LogP contribution in [0.15, 0.2) is 47.7 Å². The first-order valence-electron chi connectivity index (χ1n) is 8.39. The summed E-state index contributed by atoms with van der Waals surface area (Å²) in [6.07, 6.45) is 9.21. The molecule has 1 aromatic carbocycles.